The van der Waals surface area contributed by atoms with Crippen molar-refractivity contribution in [1.82, 2.24) is 19.7 Å². The van der Waals surface area contributed by atoms with Crippen molar-refractivity contribution >= 4 is 32.7 Å². The van der Waals surface area contributed by atoms with Gasteiger partial charge in [0.1, 0.15) is 6.04 Å². The number of carbonyl (C=O) groups excluding carboxylic acids is 2. The third-order valence-electron chi connectivity index (χ3n) is 9.13. The van der Waals surface area contributed by atoms with Crippen molar-refractivity contribution in [3.05, 3.63) is 125 Å². The molecule has 9 heteroatoms. The first-order valence-corrected chi connectivity index (χ1v) is 17.0. The van der Waals surface area contributed by atoms with Gasteiger partial charge in [0.2, 0.25) is 0 Å². The maximum absolute atomic E-state index is 14.4. The fourth-order valence-electron chi connectivity index (χ4n) is 6.53. The van der Waals surface area contributed by atoms with Crippen LogP contribution in [0.4, 0.5) is 0 Å². The van der Waals surface area contributed by atoms with E-state index in [1.807, 2.05) is 65.1 Å². The molecule has 0 saturated carbocycles. The summed E-state index contributed by atoms with van der Waals surface area (Å²) in [5.74, 6) is -1.18. The van der Waals surface area contributed by atoms with Crippen molar-refractivity contribution in [2.24, 2.45) is 13.0 Å². The maximum Gasteiger partial charge on any atom is 0.258 e. The largest absolute Gasteiger partial charge is 0.343 e. The van der Waals surface area contributed by atoms with Gasteiger partial charge in [-0.15, -0.1) is 4.83 Å². The van der Waals surface area contributed by atoms with Gasteiger partial charge in [-0.3, -0.25) is 15.0 Å². The molecule has 3 unspecified atom stereocenters. The Kier molecular flexibility index (Phi) is 8.31. The summed E-state index contributed by atoms with van der Waals surface area (Å²) in [5, 5.41) is 0.975. The van der Waals surface area contributed by atoms with Crippen LogP contribution in [0, 0.1) is 19.8 Å². The molecule has 0 fully saturated rings. The first kappa shape index (κ1) is 31.3. The SMILES string of the molecule is CCC(C)C(C(=O)NNS(=O)(=O)c1ccc(C)cc1)N1C(=O)c2ccccc2C1c1c(-c2ccc(C)cc2)n(C)c2ccccc12. The number of fused-ring (bicyclic) bond motifs is 2. The Balaban J connectivity index is 1.50. The van der Waals surface area contributed by atoms with Gasteiger partial charge < -0.3 is 9.47 Å². The van der Waals surface area contributed by atoms with Gasteiger partial charge in [0.15, 0.2) is 0 Å². The predicted molar refractivity (Wildman–Crippen MR) is 180 cm³/mol. The Hall–Kier alpha value is -4.73. The number of amides is 2. The van der Waals surface area contributed by atoms with Gasteiger partial charge in [0.05, 0.1) is 16.6 Å². The van der Waals surface area contributed by atoms with Crippen LogP contribution in [0.15, 0.2) is 102 Å². The van der Waals surface area contributed by atoms with E-state index in [2.05, 4.69) is 51.2 Å². The van der Waals surface area contributed by atoms with Crippen molar-refractivity contribution in [3.8, 4) is 11.3 Å². The number of hydrogen-bond acceptors (Lipinski definition) is 4. The Morgan fingerprint density at radius 1 is 0.870 bits per heavy atom. The first-order valence-electron chi connectivity index (χ1n) is 15.5. The van der Waals surface area contributed by atoms with Crippen molar-refractivity contribution in [2.45, 2.75) is 51.1 Å². The molecular formula is C37H38N4O4S. The molecule has 0 radical (unpaired) electrons. The minimum Gasteiger partial charge on any atom is -0.343 e. The molecule has 236 valence electrons. The summed E-state index contributed by atoms with van der Waals surface area (Å²) in [6.45, 7) is 7.78. The molecule has 46 heavy (non-hydrogen) atoms. The van der Waals surface area contributed by atoms with E-state index >= 15 is 0 Å². The lowest BCUT2D eigenvalue weighted by atomic mass is 9.90. The summed E-state index contributed by atoms with van der Waals surface area (Å²) in [6.07, 6.45) is 0.579. The minimum absolute atomic E-state index is 0.0273. The van der Waals surface area contributed by atoms with E-state index in [9.17, 15) is 18.0 Å². The van der Waals surface area contributed by atoms with Crippen LogP contribution >= 0.6 is 0 Å². The van der Waals surface area contributed by atoms with E-state index in [4.69, 9.17) is 0 Å². The zero-order chi connectivity index (χ0) is 32.7. The van der Waals surface area contributed by atoms with Crippen LogP contribution in [0.1, 0.15) is 58.9 Å². The van der Waals surface area contributed by atoms with Gasteiger partial charge in [-0.05, 0) is 55.2 Å². The third kappa shape index (κ3) is 5.39. The highest BCUT2D eigenvalue weighted by Crippen LogP contribution is 2.48. The number of aromatic nitrogens is 1. The molecule has 2 amide bonds. The van der Waals surface area contributed by atoms with Crippen molar-refractivity contribution < 1.29 is 18.0 Å². The lowest BCUT2D eigenvalue weighted by Crippen LogP contribution is -2.55. The van der Waals surface area contributed by atoms with Crippen LogP contribution in [-0.2, 0) is 21.9 Å². The molecule has 0 saturated heterocycles. The second kappa shape index (κ2) is 12.2. The van der Waals surface area contributed by atoms with Gasteiger partial charge in [-0.25, -0.2) is 8.42 Å². The highest BCUT2D eigenvalue weighted by Gasteiger charge is 2.47. The number of hydrogen-bond donors (Lipinski definition) is 2. The summed E-state index contributed by atoms with van der Waals surface area (Å²) in [6, 6.07) is 28.6. The molecule has 6 rings (SSSR count). The number of benzene rings is 4. The molecule has 3 atom stereocenters. The molecule has 5 aromatic rings. The zero-order valence-corrected chi connectivity index (χ0v) is 27.4. The van der Waals surface area contributed by atoms with Gasteiger partial charge in [-0.2, -0.15) is 0 Å². The highest BCUT2D eigenvalue weighted by atomic mass is 32.2. The van der Waals surface area contributed by atoms with Crippen LogP contribution in [0.5, 0.6) is 0 Å². The number of para-hydroxylation sites is 1. The molecule has 0 spiro atoms. The molecule has 8 nitrogen and oxygen atoms in total. The lowest BCUT2D eigenvalue weighted by molar-refractivity contribution is -0.128. The summed E-state index contributed by atoms with van der Waals surface area (Å²) < 4.78 is 28.4. The summed E-state index contributed by atoms with van der Waals surface area (Å²) in [7, 11) is -2.03. The average molecular weight is 635 g/mol. The molecule has 2 heterocycles. The van der Waals surface area contributed by atoms with E-state index < -0.39 is 28.0 Å². The monoisotopic (exact) mass is 634 g/mol. The molecule has 1 aliphatic rings. The molecular weight excluding hydrogens is 596 g/mol. The Bertz CT molecular complexity index is 2050. The number of carbonyl (C=O) groups is 2. The molecule has 2 N–H and O–H groups in total. The molecule has 0 bridgehead atoms. The van der Waals surface area contributed by atoms with Gasteiger partial charge >= 0.3 is 0 Å². The fraction of sp³-hybridized carbons (Fsp3) is 0.243. The van der Waals surface area contributed by atoms with Crippen LogP contribution < -0.4 is 10.3 Å². The zero-order valence-electron chi connectivity index (χ0n) is 26.6. The highest BCUT2D eigenvalue weighted by molar-refractivity contribution is 7.89. The van der Waals surface area contributed by atoms with Gasteiger partial charge in [-0.1, -0.05) is 104 Å². The summed E-state index contributed by atoms with van der Waals surface area (Å²) in [4.78, 5) is 32.6. The van der Waals surface area contributed by atoms with Crippen LogP contribution in [0.2, 0.25) is 0 Å². The number of aryl methyl sites for hydroxylation is 3. The number of nitrogens with zero attached hydrogens (tertiary/aromatic N) is 2. The topological polar surface area (TPSA) is 101 Å². The number of rotatable bonds is 9. The fourth-order valence-corrected chi connectivity index (χ4v) is 7.37. The van der Waals surface area contributed by atoms with Crippen LogP contribution in [0.3, 0.4) is 0 Å². The third-order valence-corrected chi connectivity index (χ3v) is 10.4. The van der Waals surface area contributed by atoms with Crippen molar-refractivity contribution in [1.29, 1.82) is 0 Å². The Morgan fingerprint density at radius 3 is 2.15 bits per heavy atom. The number of hydrazine groups is 1. The average Bonchev–Trinajstić information content (AvgIpc) is 3.51. The van der Waals surface area contributed by atoms with Gasteiger partial charge in [0.25, 0.3) is 21.8 Å². The van der Waals surface area contributed by atoms with E-state index in [1.165, 1.54) is 12.1 Å². The normalized spacial score (nSPS) is 16.0. The van der Waals surface area contributed by atoms with Crippen molar-refractivity contribution in [2.75, 3.05) is 0 Å². The number of nitrogens with one attached hydrogen (secondary N) is 2. The molecule has 0 aliphatic carbocycles. The quantitative estimate of drug-likeness (QED) is 0.183. The van der Waals surface area contributed by atoms with Crippen LogP contribution in [-0.4, -0.2) is 35.7 Å². The van der Waals surface area contributed by atoms with E-state index in [0.717, 1.165) is 44.4 Å². The van der Waals surface area contributed by atoms with E-state index in [-0.39, 0.29) is 16.7 Å². The maximum atomic E-state index is 14.4. The number of sulfonamides is 1. The lowest BCUT2D eigenvalue weighted by Gasteiger charge is -2.36. The van der Waals surface area contributed by atoms with Crippen LogP contribution in [0.25, 0.3) is 22.2 Å². The van der Waals surface area contributed by atoms with E-state index in [1.54, 1.807) is 23.1 Å². The Labute approximate surface area is 270 Å². The predicted octanol–water partition coefficient (Wildman–Crippen LogP) is 6.43. The second-order valence-electron chi connectivity index (χ2n) is 12.1. The summed E-state index contributed by atoms with van der Waals surface area (Å²) in [5.41, 5.74) is 9.70. The molecule has 1 aliphatic heterocycles. The summed E-state index contributed by atoms with van der Waals surface area (Å²) >= 11 is 0. The molecule has 4 aromatic carbocycles. The van der Waals surface area contributed by atoms with E-state index in [0.29, 0.717) is 12.0 Å². The second-order valence-corrected chi connectivity index (χ2v) is 13.8. The first-order chi connectivity index (χ1) is 22.0. The van der Waals surface area contributed by atoms with Crippen molar-refractivity contribution in [3.63, 3.8) is 0 Å². The smallest absolute Gasteiger partial charge is 0.258 e. The Morgan fingerprint density at radius 2 is 1.48 bits per heavy atom. The minimum atomic E-state index is -4.05. The van der Waals surface area contributed by atoms with Gasteiger partial charge in [0, 0.05) is 29.1 Å². The molecule has 1 aromatic heterocycles. The standard InChI is InChI=1S/C37H38N4O4S/c1-6-25(4)33(36(42)38-39-46(44,45)27-21-17-24(3)18-22-27)41-35(28-11-7-8-12-29(28)37(41)43)32-30-13-9-10-14-31(30)40(5)34(32)26-19-15-23(2)16-20-26/h7-22,25,33,35,39H,6H2,1-5H3,(H,38,42).